The van der Waals surface area contributed by atoms with Crippen molar-refractivity contribution in [2.24, 2.45) is 0 Å². The first-order valence-corrected chi connectivity index (χ1v) is 15.8. The first-order valence-electron chi connectivity index (χ1n) is 15.8. The monoisotopic (exact) mass is 633 g/mol. The average Bonchev–Trinajstić information content (AvgIpc) is 3.54. The van der Waals surface area contributed by atoms with Crippen molar-refractivity contribution < 1.29 is 13.2 Å². The van der Waals surface area contributed by atoms with Gasteiger partial charge < -0.3 is 9.13 Å². The number of hydrogen-bond donors (Lipinski definition) is 0. The van der Waals surface area contributed by atoms with Gasteiger partial charge in [0.15, 0.2) is 0 Å². The Morgan fingerprint density at radius 3 is 1.33 bits per heavy atom. The number of nitrogens with zero attached hydrogens (tertiary/aromatic N) is 3. The summed E-state index contributed by atoms with van der Waals surface area (Å²) in [5.74, 6) is 0. The Kier molecular flexibility index (Phi) is 6.54. The van der Waals surface area contributed by atoms with Crippen LogP contribution in [0.15, 0.2) is 109 Å². The van der Waals surface area contributed by atoms with Gasteiger partial charge in [-0.05, 0) is 98.0 Å². The highest BCUT2D eigenvalue weighted by atomic mass is 19.4. The van der Waals surface area contributed by atoms with E-state index < -0.39 is 11.7 Å². The Bertz CT molecular complexity index is 2540. The summed E-state index contributed by atoms with van der Waals surface area (Å²) < 4.78 is 48.4. The minimum absolute atomic E-state index is 0.0502. The standard InChI is InChI=1S/C42H30F3N3/c1-24-9-13-30-31-14-10-25(2)18-38(31)47(37(30)17-24)36-22-34(29-7-5-6-8-35(29)42(43,44)45)41(21-28(36)23-46)48-39-19-26(3)11-15-32(39)33-16-12-27(4)20-40(33)48/h5-22H,1-4H3. The van der Waals surface area contributed by atoms with E-state index in [1.807, 2.05) is 49.0 Å². The topological polar surface area (TPSA) is 33.6 Å². The minimum Gasteiger partial charge on any atom is -0.309 e. The van der Waals surface area contributed by atoms with Gasteiger partial charge in [-0.15, -0.1) is 0 Å². The maximum Gasteiger partial charge on any atom is 0.417 e. The number of halogens is 3. The van der Waals surface area contributed by atoms with Crippen LogP contribution in [0, 0.1) is 39.0 Å². The van der Waals surface area contributed by atoms with E-state index in [-0.39, 0.29) is 5.56 Å². The van der Waals surface area contributed by atoms with Crippen LogP contribution in [0.25, 0.3) is 66.1 Å². The molecule has 0 aliphatic heterocycles. The summed E-state index contributed by atoms with van der Waals surface area (Å²) in [7, 11) is 0. The number of fused-ring (bicyclic) bond motifs is 6. The third-order valence-electron chi connectivity index (χ3n) is 9.40. The molecular weight excluding hydrogens is 603 g/mol. The van der Waals surface area contributed by atoms with Crippen molar-refractivity contribution in [2.75, 3.05) is 0 Å². The van der Waals surface area contributed by atoms with Crippen molar-refractivity contribution in [1.29, 1.82) is 5.26 Å². The van der Waals surface area contributed by atoms with Crippen LogP contribution in [0.1, 0.15) is 33.4 Å². The molecule has 6 aromatic carbocycles. The second kappa shape index (κ2) is 10.6. The largest absolute Gasteiger partial charge is 0.417 e. The molecular formula is C42H30F3N3. The second-order valence-corrected chi connectivity index (χ2v) is 12.8. The van der Waals surface area contributed by atoms with Crippen LogP contribution in [0.2, 0.25) is 0 Å². The normalized spacial score (nSPS) is 12.0. The molecule has 0 saturated heterocycles. The van der Waals surface area contributed by atoms with Gasteiger partial charge in [0.2, 0.25) is 0 Å². The van der Waals surface area contributed by atoms with Gasteiger partial charge in [-0.2, -0.15) is 18.4 Å². The molecule has 0 amide bonds. The number of alkyl halides is 3. The zero-order chi connectivity index (χ0) is 33.5. The maximum absolute atomic E-state index is 14.8. The summed E-state index contributed by atoms with van der Waals surface area (Å²) >= 11 is 0. The van der Waals surface area contributed by atoms with Gasteiger partial charge in [0.05, 0.1) is 44.6 Å². The third kappa shape index (κ3) is 4.50. The Balaban J connectivity index is 1.58. The lowest BCUT2D eigenvalue weighted by Crippen LogP contribution is -2.09. The molecule has 0 N–H and O–H groups in total. The molecule has 0 aliphatic rings. The van der Waals surface area contributed by atoms with Crippen LogP contribution in [0.3, 0.4) is 0 Å². The van der Waals surface area contributed by atoms with Gasteiger partial charge in [0, 0.05) is 27.1 Å². The van der Waals surface area contributed by atoms with Crippen LogP contribution in [-0.2, 0) is 6.18 Å². The third-order valence-corrected chi connectivity index (χ3v) is 9.40. The molecule has 0 saturated carbocycles. The van der Waals surface area contributed by atoms with E-state index in [1.165, 1.54) is 12.1 Å². The molecule has 0 unspecified atom stereocenters. The summed E-state index contributed by atoms with van der Waals surface area (Å²) in [6, 6.07) is 36.4. The van der Waals surface area contributed by atoms with E-state index in [2.05, 4.69) is 66.7 Å². The molecule has 0 bridgehead atoms. The molecule has 6 heteroatoms. The Morgan fingerprint density at radius 1 is 0.500 bits per heavy atom. The molecule has 8 aromatic rings. The van der Waals surface area contributed by atoms with E-state index in [0.29, 0.717) is 22.5 Å². The zero-order valence-electron chi connectivity index (χ0n) is 26.9. The highest BCUT2D eigenvalue weighted by Gasteiger charge is 2.34. The van der Waals surface area contributed by atoms with E-state index in [9.17, 15) is 18.4 Å². The van der Waals surface area contributed by atoms with Gasteiger partial charge in [-0.25, -0.2) is 0 Å². The van der Waals surface area contributed by atoms with Gasteiger partial charge in [0.1, 0.15) is 6.07 Å². The highest BCUT2D eigenvalue weighted by molar-refractivity contribution is 6.11. The van der Waals surface area contributed by atoms with Crippen molar-refractivity contribution in [1.82, 2.24) is 9.13 Å². The number of aryl methyl sites for hydroxylation is 4. The Hall–Kier alpha value is -5.80. The molecule has 8 rings (SSSR count). The van der Waals surface area contributed by atoms with Crippen LogP contribution >= 0.6 is 0 Å². The van der Waals surface area contributed by atoms with Crippen molar-refractivity contribution in [3.05, 3.63) is 143 Å². The first-order chi connectivity index (χ1) is 23.0. The molecule has 234 valence electrons. The molecule has 0 aliphatic carbocycles. The van der Waals surface area contributed by atoms with Gasteiger partial charge >= 0.3 is 6.18 Å². The number of nitriles is 1. The summed E-state index contributed by atoms with van der Waals surface area (Å²) in [5, 5.41) is 14.8. The van der Waals surface area contributed by atoms with Gasteiger partial charge in [-0.1, -0.05) is 66.7 Å². The lowest BCUT2D eigenvalue weighted by atomic mass is 9.95. The SMILES string of the molecule is Cc1ccc2c3ccc(C)cc3n(-c3cc(-c4ccccc4C(F)(F)F)c(-n4c5cc(C)ccc5c5ccc(C)cc54)cc3C#N)c2c1. The highest BCUT2D eigenvalue weighted by Crippen LogP contribution is 2.44. The fourth-order valence-electron chi connectivity index (χ4n) is 7.21. The van der Waals surface area contributed by atoms with Crippen LogP contribution < -0.4 is 0 Å². The molecule has 2 aromatic heterocycles. The quantitative estimate of drug-likeness (QED) is 0.191. The van der Waals surface area contributed by atoms with Crippen molar-refractivity contribution in [3.8, 4) is 28.6 Å². The summed E-state index contributed by atoms with van der Waals surface area (Å²) in [4.78, 5) is 0. The van der Waals surface area contributed by atoms with Gasteiger partial charge in [-0.3, -0.25) is 0 Å². The van der Waals surface area contributed by atoms with Crippen molar-refractivity contribution >= 4 is 43.6 Å². The van der Waals surface area contributed by atoms with E-state index in [1.54, 1.807) is 18.2 Å². The smallest absolute Gasteiger partial charge is 0.309 e. The fourth-order valence-corrected chi connectivity index (χ4v) is 7.21. The molecule has 0 fully saturated rings. The lowest BCUT2D eigenvalue weighted by molar-refractivity contribution is -0.137. The van der Waals surface area contributed by atoms with E-state index >= 15 is 0 Å². The van der Waals surface area contributed by atoms with Gasteiger partial charge in [0.25, 0.3) is 0 Å². The molecule has 3 nitrogen and oxygen atoms in total. The molecule has 48 heavy (non-hydrogen) atoms. The number of hydrogen-bond acceptors (Lipinski definition) is 1. The summed E-state index contributed by atoms with van der Waals surface area (Å²) in [6.45, 7) is 8.03. The predicted octanol–water partition coefficient (Wildman–Crippen LogP) is 11.7. The second-order valence-electron chi connectivity index (χ2n) is 12.8. The van der Waals surface area contributed by atoms with E-state index in [4.69, 9.17) is 0 Å². The van der Waals surface area contributed by atoms with Crippen LogP contribution in [0.4, 0.5) is 13.2 Å². The van der Waals surface area contributed by atoms with Crippen LogP contribution in [0.5, 0.6) is 0 Å². The van der Waals surface area contributed by atoms with Crippen LogP contribution in [-0.4, -0.2) is 9.13 Å². The van der Waals surface area contributed by atoms with Crippen molar-refractivity contribution in [2.45, 2.75) is 33.9 Å². The molecule has 0 radical (unpaired) electrons. The number of rotatable bonds is 3. The molecule has 0 spiro atoms. The summed E-state index contributed by atoms with van der Waals surface area (Å²) in [5.41, 5.74) is 8.71. The molecule has 0 atom stereocenters. The summed E-state index contributed by atoms with van der Waals surface area (Å²) in [6.07, 6.45) is -4.60. The fraction of sp³-hybridized carbons (Fsp3) is 0.119. The number of benzene rings is 6. The molecule has 2 heterocycles. The zero-order valence-corrected chi connectivity index (χ0v) is 26.9. The van der Waals surface area contributed by atoms with E-state index in [0.717, 1.165) is 71.9 Å². The Morgan fingerprint density at radius 2 is 0.917 bits per heavy atom. The first kappa shape index (κ1) is 29.6. The number of aromatic nitrogens is 2. The lowest BCUT2D eigenvalue weighted by Gasteiger charge is -2.21. The average molecular weight is 634 g/mol. The Labute approximate surface area is 275 Å². The van der Waals surface area contributed by atoms with Crippen molar-refractivity contribution in [3.63, 3.8) is 0 Å². The minimum atomic E-state index is -4.60. The maximum atomic E-state index is 14.8. The predicted molar refractivity (Wildman–Crippen MR) is 189 cm³/mol.